The minimum Gasteiger partial charge on any atom is -0.370 e. The lowest BCUT2D eigenvalue weighted by atomic mass is 10.3. The largest absolute Gasteiger partial charge is 0.370 e. The highest BCUT2D eigenvalue weighted by atomic mass is 79.9. The van der Waals surface area contributed by atoms with Crippen molar-refractivity contribution in [3.8, 4) is 0 Å². The average Bonchev–Trinajstić information content (AvgIpc) is 2.61. The molecule has 9 nitrogen and oxygen atoms in total. The van der Waals surface area contributed by atoms with E-state index in [4.69, 9.17) is 5.73 Å². The Bertz CT molecular complexity index is 920. The van der Waals surface area contributed by atoms with Gasteiger partial charge in [0, 0.05) is 38.9 Å². The summed E-state index contributed by atoms with van der Waals surface area (Å²) < 4.78 is 26.3. The number of nitrogens with one attached hydrogen (secondary N) is 2. The molecule has 2 rings (SSSR count). The normalized spacial score (nSPS) is 11.4. The molecule has 0 atom stereocenters. The summed E-state index contributed by atoms with van der Waals surface area (Å²) in [6, 6.07) is 6.40. The number of benzene rings is 1. The number of primary amides is 1. The summed E-state index contributed by atoms with van der Waals surface area (Å²) in [6.07, 6.45) is 2.44. The van der Waals surface area contributed by atoms with Gasteiger partial charge in [-0.05, 0) is 40.5 Å². The average molecular weight is 457 g/mol. The maximum atomic E-state index is 12.2. The van der Waals surface area contributed by atoms with Crippen LogP contribution in [-0.2, 0) is 14.8 Å². The second-order valence-electron chi connectivity index (χ2n) is 5.83. The lowest BCUT2D eigenvalue weighted by Gasteiger charge is -2.13. The van der Waals surface area contributed by atoms with Crippen LogP contribution < -0.4 is 16.4 Å². The van der Waals surface area contributed by atoms with Gasteiger partial charge in [0.15, 0.2) is 0 Å². The van der Waals surface area contributed by atoms with E-state index < -0.39 is 10.0 Å². The molecule has 1 heterocycles. The van der Waals surface area contributed by atoms with Crippen molar-refractivity contribution < 1.29 is 13.2 Å². The van der Waals surface area contributed by atoms with Gasteiger partial charge in [-0.3, -0.25) is 4.79 Å². The summed E-state index contributed by atoms with van der Waals surface area (Å²) in [5.41, 5.74) is 5.66. The van der Waals surface area contributed by atoms with E-state index in [2.05, 4.69) is 36.5 Å². The summed E-state index contributed by atoms with van der Waals surface area (Å²) in [5.74, 6) is 0.498. The maximum absolute atomic E-state index is 12.2. The van der Waals surface area contributed by atoms with E-state index in [1.807, 2.05) is 0 Å². The highest BCUT2D eigenvalue weighted by molar-refractivity contribution is 9.10. The SMILES string of the molecule is CN(C)S(=O)(=O)c1cccc(Nc2ncc(Br)c(NCCCC(N)=O)n2)c1. The van der Waals surface area contributed by atoms with Gasteiger partial charge in [0.1, 0.15) is 5.82 Å². The minimum atomic E-state index is -3.53. The van der Waals surface area contributed by atoms with Crippen LogP contribution >= 0.6 is 15.9 Å². The Kier molecular flexibility index (Phi) is 7.11. The number of hydrogen-bond acceptors (Lipinski definition) is 7. The molecule has 0 bridgehead atoms. The van der Waals surface area contributed by atoms with Crippen LogP contribution in [0.4, 0.5) is 17.5 Å². The Balaban J connectivity index is 2.14. The van der Waals surface area contributed by atoms with E-state index in [0.717, 1.165) is 4.31 Å². The zero-order valence-electron chi connectivity index (χ0n) is 14.9. The van der Waals surface area contributed by atoms with Crippen molar-refractivity contribution in [1.82, 2.24) is 14.3 Å². The van der Waals surface area contributed by atoms with Gasteiger partial charge < -0.3 is 16.4 Å². The molecule has 2 aromatic rings. The molecule has 27 heavy (non-hydrogen) atoms. The number of amides is 1. The molecule has 1 aromatic carbocycles. The number of rotatable bonds is 9. The van der Waals surface area contributed by atoms with Crippen molar-refractivity contribution in [2.24, 2.45) is 5.73 Å². The predicted molar refractivity (Wildman–Crippen MR) is 107 cm³/mol. The van der Waals surface area contributed by atoms with E-state index in [-0.39, 0.29) is 17.2 Å². The summed E-state index contributed by atoms with van der Waals surface area (Å²) in [6.45, 7) is 0.522. The summed E-state index contributed by atoms with van der Waals surface area (Å²) in [4.78, 5) is 19.5. The number of aromatic nitrogens is 2. The molecule has 0 spiro atoms. The summed E-state index contributed by atoms with van der Waals surface area (Å²) >= 11 is 3.36. The lowest BCUT2D eigenvalue weighted by molar-refractivity contribution is -0.118. The molecule has 11 heteroatoms. The summed E-state index contributed by atoms with van der Waals surface area (Å²) in [7, 11) is -0.582. The van der Waals surface area contributed by atoms with Crippen molar-refractivity contribution in [2.75, 3.05) is 31.3 Å². The fourth-order valence-electron chi connectivity index (χ4n) is 2.09. The van der Waals surface area contributed by atoms with Crippen molar-refractivity contribution in [3.63, 3.8) is 0 Å². The highest BCUT2D eigenvalue weighted by Crippen LogP contribution is 2.23. The van der Waals surface area contributed by atoms with Crippen molar-refractivity contribution >= 4 is 49.3 Å². The third kappa shape index (κ3) is 5.88. The van der Waals surface area contributed by atoms with Gasteiger partial charge >= 0.3 is 0 Å². The molecule has 0 aliphatic rings. The second kappa shape index (κ2) is 9.11. The van der Waals surface area contributed by atoms with E-state index in [1.54, 1.807) is 18.3 Å². The Labute approximate surface area is 166 Å². The van der Waals surface area contributed by atoms with Gasteiger partial charge in [0.25, 0.3) is 0 Å². The van der Waals surface area contributed by atoms with Crippen LogP contribution in [0.5, 0.6) is 0 Å². The van der Waals surface area contributed by atoms with Crippen molar-refractivity contribution in [2.45, 2.75) is 17.7 Å². The topological polar surface area (TPSA) is 130 Å². The Morgan fingerprint density at radius 3 is 2.74 bits per heavy atom. The zero-order valence-corrected chi connectivity index (χ0v) is 17.3. The van der Waals surface area contributed by atoms with Crippen LogP contribution in [0.25, 0.3) is 0 Å². The van der Waals surface area contributed by atoms with Crippen molar-refractivity contribution in [1.29, 1.82) is 0 Å². The van der Waals surface area contributed by atoms with Gasteiger partial charge in [-0.15, -0.1) is 0 Å². The van der Waals surface area contributed by atoms with Crippen LogP contribution in [0, 0.1) is 0 Å². The fraction of sp³-hybridized carbons (Fsp3) is 0.312. The van der Waals surface area contributed by atoms with Crippen LogP contribution in [0.3, 0.4) is 0 Å². The number of hydrogen-bond donors (Lipinski definition) is 3. The first-order valence-electron chi connectivity index (χ1n) is 8.04. The molecule has 0 fully saturated rings. The Morgan fingerprint density at radius 1 is 1.33 bits per heavy atom. The van der Waals surface area contributed by atoms with Crippen LogP contribution in [0.2, 0.25) is 0 Å². The lowest BCUT2D eigenvalue weighted by Crippen LogP contribution is -2.22. The third-order valence-electron chi connectivity index (χ3n) is 3.51. The van der Waals surface area contributed by atoms with Crippen LogP contribution in [0.1, 0.15) is 12.8 Å². The molecule has 0 saturated carbocycles. The number of halogens is 1. The molecule has 0 unspecified atom stereocenters. The molecule has 146 valence electrons. The minimum absolute atomic E-state index is 0.166. The molecule has 0 aliphatic heterocycles. The van der Waals surface area contributed by atoms with E-state index in [0.29, 0.717) is 34.9 Å². The van der Waals surface area contributed by atoms with Crippen LogP contribution in [-0.4, -0.2) is 49.2 Å². The number of nitrogens with two attached hydrogens (primary N) is 1. The molecule has 1 aromatic heterocycles. The van der Waals surface area contributed by atoms with E-state index in [9.17, 15) is 13.2 Å². The van der Waals surface area contributed by atoms with Gasteiger partial charge in [0.05, 0.1) is 9.37 Å². The van der Waals surface area contributed by atoms with Gasteiger partial charge in [-0.25, -0.2) is 17.7 Å². The number of nitrogens with zero attached hydrogens (tertiary/aromatic N) is 3. The standard InChI is InChI=1S/C16H21BrN6O3S/c1-23(2)27(25,26)12-6-3-5-11(9-12)21-16-20-10-13(17)15(22-16)19-8-4-7-14(18)24/h3,5-6,9-10H,4,7-8H2,1-2H3,(H2,18,24)(H2,19,20,21,22). The maximum Gasteiger partial charge on any atom is 0.242 e. The van der Waals surface area contributed by atoms with Gasteiger partial charge in [-0.1, -0.05) is 6.07 Å². The molecule has 0 radical (unpaired) electrons. The molecular formula is C16H21BrN6O3S. The number of carbonyl (C=O) groups excluding carboxylic acids is 1. The van der Waals surface area contributed by atoms with E-state index >= 15 is 0 Å². The number of carbonyl (C=O) groups is 1. The molecule has 0 aliphatic carbocycles. The molecule has 0 saturated heterocycles. The number of sulfonamides is 1. The monoisotopic (exact) mass is 456 g/mol. The third-order valence-corrected chi connectivity index (χ3v) is 5.90. The summed E-state index contributed by atoms with van der Waals surface area (Å²) in [5, 5.41) is 6.09. The predicted octanol–water partition coefficient (Wildman–Crippen LogP) is 1.91. The van der Waals surface area contributed by atoms with Crippen LogP contribution in [0.15, 0.2) is 39.8 Å². The highest BCUT2D eigenvalue weighted by Gasteiger charge is 2.17. The Hall–Kier alpha value is -2.24. The first-order chi connectivity index (χ1) is 12.7. The second-order valence-corrected chi connectivity index (χ2v) is 8.83. The molecule has 1 amide bonds. The number of anilines is 3. The van der Waals surface area contributed by atoms with Gasteiger partial charge in [0.2, 0.25) is 21.9 Å². The first kappa shape index (κ1) is 21.1. The zero-order chi connectivity index (χ0) is 20.0. The molecular weight excluding hydrogens is 436 g/mol. The molecule has 4 N–H and O–H groups in total. The Morgan fingerprint density at radius 2 is 2.07 bits per heavy atom. The first-order valence-corrected chi connectivity index (χ1v) is 10.3. The van der Waals surface area contributed by atoms with Gasteiger partial charge in [-0.2, -0.15) is 4.98 Å². The van der Waals surface area contributed by atoms with E-state index in [1.165, 1.54) is 26.2 Å². The fourth-order valence-corrected chi connectivity index (χ4v) is 3.37. The van der Waals surface area contributed by atoms with Crippen molar-refractivity contribution in [3.05, 3.63) is 34.9 Å². The smallest absolute Gasteiger partial charge is 0.242 e. The quantitative estimate of drug-likeness (QED) is 0.491.